The molecule has 0 bridgehead atoms. The van der Waals surface area contributed by atoms with Crippen molar-refractivity contribution >= 4 is 35.2 Å². The van der Waals surface area contributed by atoms with Crippen LogP contribution in [-0.4, -0.2) is 42.8 Å². The fraction of sp³-hybridized carbons (Fsp3) is 0.318. The summed E-state index contributed by atoms with van der Waals surface area (Å²) in [6.07, 6.45) is 3.97. The highest BCUT2D eigenvalue weighted by Crippen LogP contribution is 2.11. The van der Waals surface area contributed by atoms with Crippen LogP contribution in [-0.2, 0) is 16.0 Å². The molecule has 0 spiro atoms. The summed E-state index contributed by atoms with van der Waals surface area (Å²) in [6, 6.07) is 16.8. The van der Waals surface area contributed by atoms with Crippen LogP contribution in [0.25, 0.3) is 0 Å². The second-order valence-electron chi connectivity index (χ2n) is 6.51. The minimum atomic E-state index is -0.246. The smallest absolute Gasteiger partial charge is 0.251 e. The Labute approximate surface area is 175 Å². The first kappa shape index (κ1) is 22.5. The number of hydrogen-bond donors (Lipinski definition) is 3. The van der Waals surface area contributed by atoms with Gasteiger partial charge >= 0.3 is 0 Å². The number of rotatable bonds is 11. The van der Waals surface area contributed by atoms with Crippen molar-refractivity contribution in [3.8, 4) is 0 Å². The maximum absolute atomic E-state index is 12.2. The summed E-state index contributed by atoms with van der Waals surface area (Å²) >= 11 is 1.43. The van der Waals surface area contributed by atoms with Crippen LogP contribution >= 0.6 is 11.8 Å². The van der Waals surface area contributed by atoms with Gasteiger partial charge in [0, 0.05) is 30.8 Å². The molecular weight excluding hydrogens is 386 g/mol. The minimum Gasteiger partial charge on any atom is -0.354 e. The van der Waals surface area contributed by atoms with Gasteiger partial charge in [-0.1, -0.05) is 36.4 Å². The van der Waals surface area contributed by atoms with Crippen LogP contribution in [0, 0.1) is 0 Å². The van der Waals surface area contributed by atoms with Crippen molar-refractivity contribution < 1.29 is 14.4 Å². The second-order valence-corrected chi connectivity index (χ2v) is 7.37. The van der Waals surface area contributed by atoms with Gasteiger partial charge in [-0.15, -0.1) is 0 Å². The molecule has 0 aromatic heterocycles. The molecule has 0 fully saturated rings. The quantitative estimate of drug-likeness (QED) is 0.495. The van der Waals surface area contributed by atoms with Gasteiger partial charge in [0.2, 0.25) is 11.8 Å². The number of nitrogens with one attached hydrogen (secondary N) is 3. The molecule has 7 heteroatoms. The SMILES string of the molecule is CSCC(=O)Nc1cccc(C(=O)NCCNC(=O)CCCc2ccccc2)c1. The van der Waals surface area contributed by atoms with Gasteiger partial charge in [-0.25, -0.2) is 0 Å². The summed E-state index contributed by atoms with van der Waals surface area (Å²) in [5, 5.41) is 8.34. The molecule has 0 heterocycles. The average molecular weight is 414 g/mol. The van der Waals surface area contributed by atoms with E-state index in [1.807, 2.05) is 24.5 Å². The molecule has 29 heavy (non-hydrogen) atoms. The van der Waals surface area contributed by atoms with Gasteiger partial charge in [0.1, 0.15) is 0 Å². The third-order valence-corrected chi connectivity index (χ3v) is 4.68. The van der Waals surface area contributed by atoms with Crippen LogP contribution in [0.1, 0.15) is 28.8 Å². The van der Waals surface area contributed by atoms with Crippen molar-refractivity contribution in [1.29, 1.82) is 0 Å². The number of amides is 3. The molecule has 3 N–H and O–H groups in total. The number of thioether (sulfide) groups is 1. The molecule has 6 nitrogen and oxygen atoms in total. The zero-order chi connectivity index (χ0) is 20.9. The predicted molar refractivity (Wildman–Crippen MR) is 118 cm³/mol. The predicted octanol–water partition coefficient (Wildman–Crippen LogP) is 2.86. The Kier molecular flexibility index (Phi) is 9.78. The van der Waals surface area contributed by atoms with E-state index in [2.05, 4.69) is 28.1 Å². The fourth-order valence-corrected chi connectivity index (χ4v) is 3.07. The van der Waals surface area contributed by atoms with E-state index in [-0.39, 0.29) is 17.7 Å². The Bertz CT molecular complexity index is 812. The Morgan fingerprint density at radius 2 is 1.66 bits per heavy atom. The molecule has 3 amide bonds. The topological polar surface area (TPSA) is 87.3 Å². The van der Waals surface area contributed by atoms with Gasteiger partial charge in [0.05, 0.1) is 5.75 Å². The number of carbonyl (C=O) groups is 3. The van der Waals surface area contributed by atoms with Gasteiger partial charge < -0.3 is 16.0 Å². The summed E-state index contributed by atoms with van der Waals surface area (Å²) in [5.74, 6) is -0.00964. The summed E-state index contributed by atoms with van der Waals surface area (Å²) in [4.78, 5) is 35.8. The van der Waals surface area contributed by atoms with Crippen LogP contribution in [0.5, 0.6) is 0 Å². The largest absolute Gasteiger partial charge is 0.354 e. The number of hydrogen-bond acceptors (Lipinski definition) is 4. The molecule has 154 valence electrons. The molecular formula is C22H27N3O3S. The second kappa shape index (κ2) is 12.6. The van der Waals surface area contributed by atoms with Gasteiger partial charge in [-0.05, 0) is 42.9 Å². The van der Waals surface area contributed by atoms with E-state index in [0.717, 1.165) is 12.8 Å². The van der Waals surface area contributed by atoms with Crippen molar-refractivity contribution in [3.05, 3.63) is 65.7 Å². The highest BCUT2D eigenvalue weighted by molar-refractivity contribution is 7.99. The molecule has 0 aliphatic rings. The normalized spacial score (nSPS) is 10.2. The van der Waals surface area contributed by atoms with Gasteiger partial charge in [-0.2, -0.15) is 11.8 Å². The molecule has 0 aliphatic carbocycles. The van der Waals surface area contributed by atoms with E-state index in [4.69, 9.17) is 0 Å². The Balaban J connectivity index is 1.65. The summed E-state index contributed by atoms with van der Waals surface area (Å²) in [5.41, 5.74) is 2.27. The first-order valence-electron chi connectivity index (χ1n) is 9.56. The maximum Gasteiger partial charge on any atom is 0.251 e. The first-order valence-corrected chi connectivity index (χ1v) is 11.0. The van der Waals surface area contributed by atoms with E-state index in [1.54, 1.807) is 24.3 Å². The monoisotopic (exact) mass is 413 g/mol. The van der Waals surface area contributed by atoms with Crippen LogP contribution in [0.4, 0.5) is 5.69 Å². The molecule has 0 saturated carbocycles. The van der Waals surface area contributed by atoms with Crippen molar-refractivity contribution in [1.82, 2.24) is 10.6 Å². The molecule has 2 aromatic rings. The van der Waals surface area contributed by atoms with E-state index in [9.17, 15) is 14.4 Å². The van der Waals surface area contributed by atoms with Crippen LogP contribution in [0.15, 0.2) is 54.6 Å². The molecule has 0 atom stereocenters. The summed E-state index contributed by atoms with van der Waals surface area (Å²) < 4.78 is 0. The Hall–Kier alpha value is -2.80. The molecule has 2 aromatic carbocycles. The third-order valence-electron chi connectivity index (χ3n) is 4.13. The third kappa shape index (κ3) is 8.83. The van der Waals surface area contributed by atoms with Crippen LogP contribution in [0.2, 0.25) is 0 Å². The molecule has 0 aliphatic heterocycles. The lowest BCUT2D eigenvalue weighted by Crippen LogP contribution is -2.34. The van der Waals surface area contributed by atoms with Crippen molar-refractivity contribution in [3.63, 3.8) is 0 Å². The lowest BCUT2D eigenvalue weighted by atomic mass is 10.1. The number of benzene rings is 2. The number of aryl methyl sites for hydroxylation is 1. The van der Waals surface area contributed by atoms with Crippen molar-refractivity contribution in [2.24, 2.45) is 0 Å². The van der Waals surface area contributed by atoms with Gasteiger partial charge in [0.15, 0.2) is 0 Å². The number of carbonyl (C=O) groups excluding carboxylic acids is 3. The average Bonchev–Trinajstić information content (AvgIpc) is 2.72. The van der Waals surface area contributed by atoms with Gasteiger partial charge in [0.25, 0.3) is 5.91 Å². The van der Waals surface area contributed by atoms with Gasteiger partial charge in [-0.3, -0.25) is 14.4 Å². The van der Waals surface area contributed by atoms with Crippen molar-refractivity contribution in [2.75, 3.05) is 30.4 Å². The Morgan fingerprint density at radius 1 is 0.897 bits per heavy atom. The summed E-state index contributed by atoms with van der Waals surface area (Å²) in [6.45, 7) is 0.715. The molecule has 0 saturated heterocycles. The van der Waals surface area contributed by atoms with E-state index >= 15 is 0 Å². The lowest BCUT2D eigenvalue weighted by molar-refractivity contribution is -0.121. The minimum absolute atomic E-state index is 0.0197. The lowest BCUT2D eigenvalue weighted by Gasteiger charge is -2.09. The highest BCUT2D eigenvalue weighted by Gasteiger charge is 2.08. The first-order chi connectivity index (χ1) is 14.1. The van der Waals surface area contributed by atoms with E-state index in [1.165, 1.54) is 17.3 Å². The maximum atomic E-state index is 12.2. The zero-order valence-electron chi connectivity index (χ0n) is 16.6. The summed E-state index contributed by atoms with van der Waals surface area (Å²) in [7, 11) is 0. The van der Waals surface area contributed by atoms with E-state index in [0.29, 0.717) is 36.5 Å². The van der Waals surface area contributed by atoms with Crippen LogP contribution in [0.3, 0.4) is 0 Å². The highest BCUT2D eigenvalue weighted by atomic mass is 32.2. The van der Waals surface area contributed by atoms with E-state index < -0.39 is 0 Å². The number of anilines is 1. The molecule has 0 radical (unpaired) electrons. The van der Waals surface area contributed by atoms with Crippen LogP contribution < -0.4 is 16.0 Å². The fourth-order valence-electron chi connectivity index (χ4n) is 2.73. The zero-order valence-corrected chi connectivity index (χ0v) is 17.4. The Morgan fingerprint density at radius 3 is 2.41 bits per heavy atom. The molecule has 0 unspecified atom stereocenters. The van der Waals surface area contributed by atoms with Crippen molar-refractivity contribution in [2.45, 2.75) is 19.3 Å². The standard InChI is InChI=1S/C22H27N3O3S/c1-29-16-21(27)25-19-11-6-10-18(15-19)22(28)24-14-13-23-20(26)12-5-9-17-7-3-2-4-8-17/h2-4,6-8,10-11,15H,5,9,12-14,16H2,1H3,(H,23,26)(H,24,28)(H,25,27). The molecule has 2 rings (SSSR count).